The molecular formula is C18H28. The molecule has 0 aliphatic heterocycles. The average molecular weight is 244 g/mol. The quantitative estimate of drug-likeness (QED) is 0.607. The number of hydrogen-bond donors (Lipinski definition) is 0. The van der Waals surface area contributed by atoms with E-state index in [1.54, 1.807) is 11.1 Å². The van der Waals surface area contributed by atoms with E-state index in [1.807, 2.05) is 0 Å². The molecule has 2 rings (SSSR count). The zero-order valence-corrected chi connectivity index (χ0v) is 12.2. The summed E-state index contributed by atoms with van der Waals surface area (Å²) >= 11 is 0. The lowest BCUT2D eigenvalue weighted by molar-refractivity contribution is 0.294. The highest BCUT2D eigenvalue weighted by molar-refractivity contribution is 5.36. The first-order valence-corrected chi connectivity index (χ1v) is 7.91. The molecule has 0 atom stereocenters. The second-order valence-corrected chi connectivity index (χ2v) is 6.00. The van der Waals surface area contributed by atoms with Crippen molar-refractivity contribution in [2.75, 3.05) is 0 Å². The molecule has 0 amide bonds. The van der Waals surface area contributed by atoms with Crippen LogP contribution in [0.25, 0.3) is 0 Å². The number of aryl methyl sites for hydroxylation is 1. The highest BCUT2D eigenvalue weighted by Gasteiger charge is 2.34. The van der Waals surface area contributed by atoms with Gasteiger partial charge in [-0.25, -0.2) is 0 Å². The van der Waals surface area contributed by atoms with E-state index in [0.29, 0.717) is 5.41 Å². The van der Waals surface area contributed by atoms with Gasteiger partial charge in [0.15, 0.2) is 0 Å². The fraction of sp³-hybridized carbons (Fsp3) is 0.667. The monoisotopic (exact) mass is 244 g/mol. The van der Waals surface area contributed by atoms with Crippen LogP contribution in [-0.2, 0) is 11.8 Å². The highest BCUT2D eigenvalue weighted by Crippen LogP contribution is 2.44. The highest BCUT2D eigenvalue weighted by atomic mass is 14.4. The molecule has 1 aromatic carbocycles. The number of rotatable bonds is 6. The third-order valence-corrected chi connectivity index (χ3v) is 4.71. The molecule has 1 aliphatic rings. The third kappa shape index (κ3) is 2.79. The van der Waals surface area contributed by atoms with Crippen molar-refractivity contribution in [3.63, 3.8) is 0 Å². The SMILES string of the molecule is CCCCC1(CCCC)CCCc2ccccc21. The fourth-order valence-corrected chi connectivity index (χ4v) is 3.68. The molecule has 1 aromatic rings. The molecule has 18 heavy (non-hydrogen) atoms. The van der Waals surface area contributed by atoms with Gasteiger partial charge >= 0.3 is 0 Å². The van der Waals surface area contributed by atoms with E-state index < -0.39 is 0 Å². The second-order valence-electron chi connectivity index (χ2n) is 6.00. The molecule has 0 saturated carbocycles. The van der Waals surface area contributed by atoms with Crippen molar-refractivity contribution in [3.05, 3.63) is 35.4 Å². The smallest absolute Gasteiger partial charge is 0.00441 e. The molecule has 0 radical (unpaired) electrons. The minimum atomic E-state index is 0.515. The van der Waals surface area contributed by atoms with Crippen LogP contribution >= 0.6 is 0 Å². The molecule has 0 spiro atoms. The standard InChI is InChI=1S/C18H28/c1-3-5-13-18(14-6-4-2)15-9-11-16-10-7-8-12-17(16)18/h7-8,10,12H,3-6,9,11,13-15H2,1-2H3. The number of unbranched alkanes of at least 4 members (excludes halogenated alkanes) is 2. The van der Waals surface area contributed by atoms with Crippen LogP contribution in [0.5, 0.6) is 0 Å². The first kappa shape index (κ1) is 13.6. The van der Waals surface area contributed by atoms with Crippen LogP contribution in [0.2, 0.25) is 0 Å². The zero-order chi connectivity index (χ0) is 12.8. The Morgan fingerprint density at radius 1 is 1.00 bits per heavy atom. The molecule has 0 N–H and O–H groups in total. The number of hydrogen-bond acceptors (Lipinski definition) is 0. The Morgan fingerprint density at radius 2 is 1.67 bits per heavy atom. The first-order chi connectivity index (χ1) is 8.82. The van der Waals surface area contributed by atoms with Gasteiger partial charge in [-0.15, -0.1) is 0 Å². The van der Waals surface area contributed by atoms with Crippen molar-refractivity contribution < 1.29 is 0 Å². The molecule has 0 heterocycles. The summed E-state index contributed by atoms with van der Waals surface area (Å²) in [6.45, 7) is 4.64. The van der Waals surface area contributed by atoms with Gasteiger partial charge in [0.25, 0.3) is 0 Å². The van der Waals surface area contributed by atoms with Crippen LogP contribution in [-0.4, -0.2) is 0 Å². The van der Waals surface area contributed by atoms with Crippen LogP contribution in [0.1, 0.15) is 76.3 Å². The predicted octanol–water partition coefficient (Wildman–Crippen LogP) is 5.64. The van der Waals surface area contributed by atoms with Crippen LogP contribution in [0, 0.1) is 0 Å². The average Bonchev–Trinajstić information content (AvgIpc) is 2.43. The Balaban J connectivity index is 2.28. The fourth-order valence-electron chi connectivity index (χ4n) is 3.68. The van der Waals surface area contributed by atoms with Gasteiger partial charge < -0.3 is 0 Å². The van der Waals surface area contributed by atoms with Gasteiger partial charge in [-0.2, -0.15) is 0 Å². The van der Waals surface area contributed by atoms with E-state index in [-0.39, 0.29) is 0 Å². The normalized spacial score (nSPS) is 17.4. The Hall–Kier alpha value is -0.780. The van der Waals surface area contributed by atoms with Crippen molar-refractivity contribution in [1.29, 1.82) is 0 Å². The van der Waals surface area contributed by atoms with E-state index in [9.17, 15) is 0 Å². The summed E-state index contributed by atoms with van der Waals surface area (Å²) in [6.07, 6.45) is 12.4. The van der Waals surface area contributed by atoms with Crippen molar-refractivity contribution in [1.82, 2.24) is 0 Å². The molecule has 0 nitrogen and oxygen atoms in total. The van der Waals surface area contributed by atoms with Gasteiger partial charge in [-0.05, 0) is 48.6 Å². The molecule has 1 aliphatic carbocycles. The lowest BCUT2D eigenvalue weighted by Crippen LogP contribution is -2.31. The first-order valence-electron chi connectivity index (χ1n) is 7.91. The van der Waals surface area contributed by atoms with Crippen LogP contribution in [0.15, 0.2) is 24.3 Å². The lowest BCUT2D eigenvalue weighted by Gasteiger charge is -2.40. The third-order valence-electron chi connectivity index (χ3n) is 4.71. The summed E-state index contributed by atoms with van der Waals surface area (Å²) in [5.74, 6) is 0. The summed E-state index contributed by atoms with van der Waals surface area (Å²) < 4.78 is 0. The topological polar surface area (TPSA) is 0 Å². The van der Waals surface area contributed by atoms with Crippen molar-refractivity contribution in [2.45, 2.75) is 77.0 Å². The van der Waals surface area contributed by atoms with E-state index in [0.717, 1.165) is 0 Å². The zero-order valence-electron chi connectivity index (χ0n) is 12.2. The van der Waals surface area contributed by atoms with Gasteiger partial charge in [0.2, 0.25) is 0 Å². The number of fused-ring (bicyclic) bond motifs is 1. The summed E-state index contributed by atoms with van der Waals surface area (Å²) in [5.41, 5.74) is 3.84. The Morgan fingerprint density at radius 3 is 2.33 bits per heavy atom. The van der Waals surface area contributed by atoms with Gasteiger partial charge in [-0.3, -0.25) is 0 Å². The molecular weight excluding hydrogens is 216 g/mol. The molecule has 0 heteroatoms. The summed E-state index contributed by atoms with van der Waals surface area (Å²) in [6, 6.07) is 9.24. The molecule has 0 aromatic heterocycles. The Bertz CT molecular complexity index is 356. The summed E-state index contributed by atoms with van der Waals surface area (Å²) in [4.78, 5) is 0. The maximum atomic E-state index is 2.42. The maximum absolute atomic E-state index is 2.42. The largest absolute Gasteiger partial charge is 0.0654 e. The molecule has 0 bridgehead atoms. The Labute approximate surface area is 113 Å². The Kier molecular flexibility index (Phi) is 4.86. The second kappa shape index (κ2) is 6.41. The molecule has 0 unspecified atom stereocenters. The van der Waals surface area contributed by atoms with Crippen molar-refractivity contribution in [3.8, 4) is 0 Å². The minimum absolute atomic E-state index is 0.515. The minimum Gasteiger partial charge on any atom is -0.0654 e. The van der Waals surface area contributed by atoms with Crippen LogP contribution in [0.3, 0.4) is 0 Å². The van der Waals surface area contributed by atoms with Crippen molar-refractivity contribution >= 4 is 0 Å². The van der Waals surface area contributed by atoms with Gasteiger partial charge in [0.1, 0.15) is 0 Å². The number of benzene rings is 1. The molecule has 100 valence electrons. The maximum Gasteiger partial charge on any atom is -0.00441 e. The van der Waals surface area contributed by atoms with Crippen molar-refractivity contribution in [2.24, 2.45) is 0 Å². The summed E-state index contributed by atoms with van der Waals surface area (Å²) in [7, 11) is 0. The van der Waals surface area contributed by atoms with Gasteiger partial charge in [0, 0.05) is 0 Å². The molecule has 0 fully saturated rings. The predicted molar refractivity (Wildman–Crippen MR) is 80.1 cm³/mol. The molecule has 0 saturated heterocycles. The summed E-state index contributed by atoms with van der Waals surface area (Å²) in [5, 5.41) is 0. The van der Waals surface area contributed by atoms with E-state index in [4.69, 9.17) is 0 Å². The van der Waals surface area contributed by atoms with Gasteiger partial charge in [-0.1, -0.05) is 63.8 Å². The van der Waals surface area contributed by atoms with E-state index >= 15 is 0 Å². The van der Waals surface area contributed by atoms with Crippen LogP contribution < -0.4 is 0 Å². The van der Waals surface area contributed by atoms with E-state index in [2.05, 4.69) is 38.1 Å². The lowest BCUT2D eigenvalue weighted by atomic mass is 9.65. The van der Waals surface area contributed by atoms with Gasteiger partial charge in [0.05, 0.1) is 0 Å². The van der Waals surface area contributed by atoms with Crippen LogP contribution in [0.4, 0.5) is 0 Å². The van der Waals surface area contributed by atoms with E-state index in [1.165, 1.54) is 57.8 Å².